The number of hydrogen-bond acceptors (Lipinski definition) is 3. The van der Waals surface area contributed by atoms with Crippen molar-refractivity contribution in [1.82, 2.24) is 14.9 Å². The molecule has 0 saturated carbocycles. The van der Waals surface area contributed by atoms with Crippen molar-refractivity contribution in [2.45, 2.75) is 0 Å². The summed E-state index contributed by atoms with van der Waals surface area (Å²) in [5.41, 5.74) is 7.09. The molecule has 84 valence electrons. The highest BCUT2D eigenvalue weighted by Gasteiger charge is 2.13. The van der Waals surface area contributed by atoms with Gasteiger partial charge in [0.05, 0.1) is 11.0 Å². The number of carbonyl (C=O) groups excluding carboxylic acids is 1. The zero-order valence-electron chi connectivity index (χ0n) is 9.10. The maximum absolute atomic E-state index is 11.7. The van der Waals surface area contributed by atoms with Gasteiger partial charge in [0.15, 0.2) is 5.82 Å². The number of aryl methyl sites for hydroxylation is 1. The van der Waals surface area contributed by atoms with Crippen LogP contribution in [0.3, 0.4) is 0 Å². The van der Waals surface area contributed by atoms with Gasteiger partial charge in [-0.1, -0.05) is 12.1 Å². The maximum Gasteiger partial charge on any atom is 0.287 e. The van der Waals surface area contributed by atoms with E-state index < -0.39 is 0 Å². The number of fused-ring (bicyclic) bond motifs is 1. The molecule has 0 aliphatic heterocycles. The Bertz CT molecular complexity index is 518. The smallest absolute Gasteiger partial charge is 0.287 e. The lowest BCUT2D eigenvalue weighted by atomic mass is 10.3. The third-order valence-corrected chi connectivity index (χ3v) is 2.42. The summed E-state index contributed by atoms with van der Waals surface area (Å²) in [4.78, 5) is 16.0. The molecule has 1 aromatic carbocycles. The Labute approximate surface area is 93.3 Å². The second-order valence-corrected chi connectivity index (χ2v) is 3.53. The van der Waals surface area contributed by atoms with Crippen LogP contribution in [0.15, 0.2) is 24.3 Å². The van der Waals surface area contributed by atoms with Crippen LogP contribution in [0.25, 0.3) is 11.0 Å². The number of hydrogen-bond donors (Lipinski definition) is 2. The predicted octanol–water partition coefficient (Wildman–Crippen LogP) is 0.262. The fourth-order valence-corrected chi connectivity index (χ4v) is 1.61. The Balaban J connectivity index is 2.37. The SMILES string of the molecule is Cn1c(C(=O)NCCN)nc2ccccc21. The second-order valence-electron chi connectivity index (χ2n) is 3.53. The molecule has 1 amide bonds. The quantitative estimate of drug-likeness (QED) is 0.776. The molecule has 0 atom stereocenters. The first-order valence-electron chi connectivity index (χ1n) is 5.13. The lowest BCUT2D eigenvalue weighted by Gasteiger charge is -2.02. The monoisotopic (exact) mass is 218 g/mol. The number of aromatic nitrogens is 2. The summed E-state index contributed by atoms with van der Waals surface area (Å²) in [6.07, 6.45) is 0. The molecule has 0 aliphatic rings. The lowest BCUT2D eigenvalue weighted by molar-refractivity contribution is 0.0942. The van der Waals surface area contributed by atoms with Crippen LogP contribution < -0.4 is 11.1 Å². The number of benzene rings is 1. The van der Waals surface area contributed by atoms with E-state index in [1.54, 1.807) is 4.57 Å². The van der Waals surface area contributed by atoms with Gasteiger partial charge in [0.1, 0.15) is 0 Å². The molecule has 5 heteroatoms. The van der Waals surface area contributed by atoms with Gasteiger partial charge >= 0.3 is 0 Å². The van der Waals surface area contributed by atoms with Crippen molar-refractivity contribution in [2.24, 2.45) is 12.8 Å². The van der Waals surface area contributed by atoms with Gasteiger partial charge in [-0.2, -0.15) is 0 Å². The van der Waals surface area contributed by atoms with Gasteiger partial charge in [0.2, 0.25) is 0 Å². The molecule has 16 heavy (non-hydrogen) atoms. The normalized spacial score (nSPS) is 10.6. The number of carbonyl (C=O) groups is 1. The van der Waals surface area contributed by atoms with Gasteiger partial charge in [-0.05, 0) is 12.1 Å². The Kier molecular flexibility index (Phi) is 2.87. The van der Waals surface area contributed by atoms with E-state index in [1.165, 1.54) is 0 Å². The molecule has 2 aromatic rings. The van der Waals surface area contributed by atoms with Crippen molar-refractivity contribution in [3.05, 3.63) is 30.1 Å². The summed E-state index contributed by atoms with van der Waals surface area (Å²) in [6, 6.07) is 7.64. The van der Waals surface area contributed by atoms with E-state index in [9.17, 15) is 4.79 Å². The minimum Gasteiger partial charge on any atom is -0.348 e. The van der Waals surface area contributed by atoms with Gasteiger partial charge in [-0.25, -0.2) is 4.98 Å². The number of nitrogens with zero attached hydrogens (tertiary/aromatic N) is 2. The van der Waals surface area contributed by atoms with Crippen LogP contribution in [0, 0.1) is 0 Å². The van der Waals surface area contributed by atoms with E-state index in [0.29, 0.717) is 18.9 Å². The van der Waals surface area contributed by atoms with Crippen molar-refractivity contribution in [1.29, 1.82) is 0 Å². The summed E-state index contributed by atoms with van der Waals surface area (Å²) in [6.45, 7) is 0.887. The number of rotatable bonds is 3. The molecule has 0 saturated heterocycles. The highest BCUT2D eigenvalue weighted by Crippen LogP contribution is 2.13. The van der Waals surface area contributed by atoms with Gasteiger partial charge in [0.25, 0.3) is 5.91 Å². The Hall–Kier alpha value is -1.88. The Morgan fingerprint density at radius 2 is 2.25 bits per heavy atom. The number of nitrogens with one attached hydrogen (secondary N) is 1. The average Bonchev–Trinajstić information content (AvgIpc) is 2.64. The van der Waals surface area contributed by atoms with Gasteiger partial charge in [-0.15, -0.1) is 0 Å². The Morgan fingerprint density at radius 1 is 1.50 bits per heavy atom. The van der Waals surface area contributed by atoms with Crippen LogP contribution in [-0.4, -0.2) is 28.5 Å². The van der Waals surface area contributed by atoms with Crippen molar-refractivity contribution < 1.29 is 4.79 Å². The summed E-state index contributed by atoms with van der Waals surface area (Å²) in [7, 11) is 1.83. The largest absolute Gasteiger partial charge is 0.348 e. The first-order valence-corrected chi connectivity index (χ1v) is 5.13. The molecule has 0 aliphatic carbocycles. The fourth-order valence-electron chi connectivity index (χ4n) is 1.61. The molecule has 2 rings (SSSR count). The minimum atomic E-state index is -0.191. The van der Waals surface area contributed by atoms with Gasteiger partial charge < -0.3 is 15.6 Å². The van der Waals surface area contributed by atoms with Crippen molar-refractivity contribution in [3.8, 4) is 0 Å². The average molecular weight is 218 g/mol. The van der Waals surface area contributed by atoms with E-state index in [0.717, 1.165) is 11.0 Å². The summed E-state index contributed by atoms with van der Waals surface area (Å²) in [5, 5.41) is 2.70. The van der Waals surface area contributed by atoms with E-state index in [-0.39, 0.29) is 5.91 Å². The highest BCUT2D eigenvalue weighted by molar-refractivity contribution is 5.94. The molecule has 0 radical (unpaired) electrons. The van der Waals surface area contributed by atoms with Crippen LogP contribution in [0.2, 0.25) is 0 Å². The fraction of sp³-hybridized carbons (Fsp3) is 0.273. The zero-order chi connectivity index (χ0) is 11.5. The summed E-state index contributed by atoms with van der Waals surface area (Å²) >= 11 is 0. The minimum absolute atomic E-state index is 0.191. The number of amides is 1. The molecule has 0 spiro atoms. The molecule has 0 bridgehead atoms. The number of para-hydroxylation sites is 2. The van der Waals surface area contributed by atoms with Crippen LogP contribution in [0.4, 0.5) is 0 Å². The van der Waals surface area contributed by atoms with E-state index in [4.69, 9.17) is 5.73 Å². The summed E-state index contributed by atoms with van der Waals surface area (Å²) < 4.78 is 1.78. The first kappa shape index (κ1) is 10.6. The third kappa shape index (κ3) is 1.77. The molecule has 1 aromatic heterocycles. The maximum atomic E-state index is 11.7. The van der Waals surface area contributed by atoms with E-state index in [1.807, 2.05) is 31.3 Å². The topological polar surface area (TPSA) is 72.9 Å². The molecular weight excluding hydrogens is 204 g/mol. The predicted molar refractivity (Wildman–Crippen MR) is 62.1 cm³/mol. The van der Waals surface area contributed by atoms with Gasteiger partial charge in [-0.3, -0.25) is 4.79 Å². The first-order chi connectivity index (χ1) is 7.74. The highest BCUT2D eigenvalue weighted by atomic mass is 16.2. The van der Waals surface area contributed by atoms with E-state index >= 15 is 0 Å². The molecule has 5 nitrogen and oxygen atoms in total. The third-order valence-electron chi connectivity index (χ3n) is 2.42. The van der Waals surface area contributed by atoms with Crippen molar-refractivity contribution in [2.75, 3.05) is 13.1 Å². The zero-order valence-corrected chi connectivity index (χ0v) is 9.10. The van der Waals surface area contributed by atoms with Crippen LogP contribution in [0.5, 0.6) is 0 Å². The Morgan fingerprint density at radius 3 is 2.94 bits per heavy atom. The van der Waals surface area contributed by atoms with Gasteiger partial charge in [0, 0.05) is 20.1 Å². The molecule has 0 unspecified atom stereocenters. The van der Waals surface area contributed by atoms with E-state index in [2.05, 4.69) is 10.3 Å². The van der Waals surface area contributed by atoms with Crippen molar-refractivity contribution >= 4 is 16.9 Å². The molecular formula is C11H14N4O. The molecule has 1 heterocycles. The number of imidazole rings is 1. The summed E-state index contributed by atoms with van der Waals surface area (Å²) in [5.74, 6) is 0.221. The standard InChI is InChI=1S/C11H14N4O/c1-15-9-5-3-2-4-8(9)14-10(15)11(16)13-7-6-12/h2-5H,6-7,12H2,1H3,(H,13,16). The lowest BCUT2D eigenvalue weighted by Crippen LogP contribution is -2.30. The van der Waals surface area contributed by atoms with Crippen LogP contribution in [-0.2, 0) is 7.05 Å². The number of nitrogens with two attached hydrogens (primary N) is 1. The molecule has 3 N–H and O–H groups in total. The second kappa shape index (κ2) is 4.32. The van der Waals surface area contributed by atoms with Crippen LogP contribution in [0.1, 0.15) is 10.6 Å². The molecule has 0 fully saturated rings. The van der Waals surface area contributed by atoms with Crippen LogP contribution >= 0.6 is 0 Å². The van der Waals surface area contributed by atoms with Crippen molar-refractivity contribution in [3.63, 3.8) is 0 Å².